The second-order valence-corrected chi connectivity index (χ2v) is 7.88. The molecule has 1 saturated heterocycles. The third-order valence-electron chi connectivity index (χ3n) is 5.81. The standard InChI is InChI=1S/C27H22FNO6/c1-3-35-27(33)17-7-11-20(12-8-17)29-23(18-5-4-6-19(28)15-18)22(25(31)26(29)32)24(30)16-9-13-21(34-2)14-10-16/h4-15,22-23H,3H2,1-2H3. The van der Waals surface area contributed by atoms with E-state index in [9.17, 15) is 23.6 Å². The fraction of sp³-hybridized carbons (Fsp3) is 0.185. The Bertz CT molecular complexity index is 1290. The second kappa shape index (κ2) is 9.89. The van der Waals surface area contributed by atoms with Gasteiger partial charge in [0.1, 0.15) is 17.5 Å². The van der Waals surface area contributed by atoms with Crippen LogP contribution in [-0.2, 0) is 14.3 Å². The van der Waals surface area contributed by atoms with Gasteiger partial charge in [0.25, 0.3) is 5.91 Å². The van der Waals surface area contributed by atoms with Crippen LogP contribution in [0.1, 0.15) is 39.2 Å². The summed E-state index contributed by atoms with van der Waals surface area (Å²) in [5.74, 6) is -4.31. The summed E-state index contributed by atoms with van der Waals surface area (Å²) in [6.45, 7) is 1.89. The lowest BCUT2D eigenvalue weighted by Gasteiger charge is -2.27. The number of methoxy groups -OCH3 is 1. The summed E-state index contributed by atoms with van der Waals surface area (Å²) in [5.41, 5.74) is 1.07. The quantitative estimate of drug-likeness (QED) is 0.221. The Morgan fingerprint density at radius 3 is 2.20 bits per heavy atom. The molecule has 8 heteroatoms. The first kappa shape index (κ1) is 23.8. The fourth-order valence-electron chi connectivity index (χ4n) is 4.15. The summed E-state index contributed by atoms with van der Waals surface area (Å²) < 4.78 is 24.3. The molecule has 0 N–H and O–H groups in total. The number of ketones is 2. The van der Waals surface area contributed by atoms with E-state index in [0.29, 0.717) is 11.3 Å². The Hall–Kier alpha value is -4.33. The molecular formula is C27H22FNO6. The van der Waals surface area contributed by atoms with E-state index in [1.54, 1.807) is 25.1 Å². The van der Waals surface area contributed by atoms with Crippen molar-refractivity contribution >= 4 is 29.1 Å². The first-order chi connectivity index (χ1) is 16.8. The van der Waals surface area contributed by atoms with Gasteiger partial charge in [-0.2, -0.15) is 0 Å². The molecule has 0 aromatic heterocycles. The van der Waals surface area contributed by atoms with Gasteiger partial charge in [-0.1, -0.05) is 12.1 Å². The summed E-state index contributed by atoms with van der Waals surface area (Å²) in [5, 5.41) is 0. The van der Waals surface area contributed by atoms with E-state index in [4.69, 9.17) is 9.47 Å². The van der Waals surface area contributed by atoms with E-state index in [2.05, 4.69) is 0 Å². The van der Waals surface area contributed by atoms with Crippen LogP contribution in [0.5, 0.6) is 5.75 Å². The highest BCUT2D eigenvalue weighted by molar-refractivity contribution is 6.49. The topological polar surface area (TPSA) is 90.0 Å². The maximum Gasteiger partial charge on any atom is 0.338 e. The van der Waals surface area contributed by atoms with Crippen molar-refractivity contribution < 1.29 is 33.0 Å². The lowest BCUT2D eigenvalue weighted by atomic mass is 9.86. The smallest absolute Gasteiger partial charge is 0.338 e. The number of carbonyl (C=O) groups excluding carboxylic acids is 4. The molecule has 2 unspecified atom stereocenters. The zero-order valence-electron chi connectivity index (χ0n) is 19.1. The number of anilines is 1. The molecule has 0 radical (unpaired) electrons. The second-order valence-electron chi connectivity index (χ2n) is 7.88. The highest BCUT2D eigenvalue weighted by Gasteiger charge is 2.52. The van der Waals surface area contributed by atoms with Crippen LogP contribution in [0.15, 0.2) is 72.8 Å². The molecule has 1 aliphatic rings. The van der Waals surface area contributed by atoms with Crippen LogP contribution in [-0.4, -0.2) is 37.2 Å². The van der Waals surface area contributed by atoms with E-state index in [0.717, 1.165) is 0 Å². The first-order valence-electron chi connectivity index (χ1n) is 10.9. The summed E-state index contributed by atoms with van der Waals surface area (Å²) in [7, 11) is 1.49. The zero-order valence-corrected chi connectivity index (χ0v) is 19.1. The molecule has 4 rings (SSSR count). The summed E-state index contributed by atoms with van der Waals surface area (Å²) in [6.07, 6.45) is 0. The molecule has 3 aromatic rings. The molecular weight excluding hydrogens is 453 g/mol. The SMILES string of the molecule is CCOC(=O)c1ccc(N2C(=O)C(=O)C(C(=O)c3ccc(OC)cc3)C2c2cccc(F)c2)cc1. The van der Waals surface area contributed by atoms with Gasteiger partial charge in [-0.05, 0) is 73.2 Å². The van der Waals surface area contributed by atoms with Gasteiger partial charge in [0.15, 0.2) is 5.78 Å². The van der Waals surface area contributed by atoms with E-state index in [1.807, 2.05) is 0 Å². The Labute approximate surface area is 201 Å². The third kappa shape index (κ3) is 4.55. The van der Waals surface area contributed by atoms with Crippen LogP contribution in [0.25, 0.3) is 0 Å². The minimum atomic E-state index is -1.39. The van der Waals surface area contributed by atoms with Crippen molar-refractivity contribution in [3.8, 4) is 5.75 Å². The van der Waals surface area contributed by atoms with Gasteiger partial charge < -0.3 is 9.47 Å². The summed E-state index contributed by atoms with van der Waals surface area (Å²) in [4.78, 5) is 53.0. The Balaban J connectivity index is 1.78. The van der Waals surface area contributed by atoms with E-state index in [-0.39, 0.29) is 23.4 Å². The average Bonchev–Trinajstić information content (AvgIpc) is 3.14. The number of rotatable bonds is 7. The molecule has 0 bridgehead atoms. The number of Topliss-reactive ketones (excluding diaryl/α,β-unsaturated/α-hetero) is 2. The monoisotopic (exact) mass is 475 g/mol. The predicted molar refractivity (Wildman–Crippen MR) is 125 cm³/mol. The lowest BCUT2D eigenvalue weighted by Crippen LogP contribution is -2.30. The molecule has 178 valence electrons. The molecule has 1 heterocycles. The number of ether oxygens (including phenoxy) is 2. The molecule has 3 aromatic carbocycles. The number of hydrogen-bond donors (Lipinski definition) is 0. The molecule has 0 spiro atoms. The number of carbonyl (C=O) groups is 4. The third-order valence-corrected chi connectivity index (χ3v) is 5.81. The molecule has 7 nitrogen and oxygen atoms in total. The molecule has 0 saturated carbocycles. The van der Waals surface area contributed by atoms with Gasteiger partial charge in [-0.15, -0.1) is 0 Å². The zero-order chi connectivity index (χ0) is 25.1. The Kier molecular flexibility index (Phi) is 6.73. The number of amides is 1. The van der Waals surface area contributed by atoms with Crippen LogP contribution >= 0.6 is 0 Å². The van der Waals surface area contributed by atoms with Crippen LogP contribution in [0, 0.1) is 11.7 Å². The number of benzene rings is 3. The molecule has 1 aliphatic heterocycles. The number of halogens is 1. The normalized spacial score (nSPS) is 17.4. The van der Waals surface area contributed by atoms with Crippen molar-refractivity contribution in [2.75, 3.05) is 18.6 Å². The van der Waals surface area contributed by atoms with Gasteiger partial charge in [0.2, 0.25) is 5.78 Å². The Morgan fingerprint density at radius 2 is 1.60 bits per heavy atom. The highest BCUT2D eigenvalue weighted by atomic mass is 19.1. The van der Waals surface area contributed by atoms with E-state index >= 15 is 0 Å². The van der Waals surface area contributed by atoms with Crippen molar-refractivity contribution in [1.29, 1.82) is 0 Å². The van der Waals surface area contributed by atoms with Gasteiger partial charge in [0.05, 0.1) is 25.3 Å². The minimum absolute atomic E-state index is 0.205. The highest BCUT2D eigenvalue weighted by Crippen LogP contribution is 2.41. The maximum absolute atomic E-state index is 14.2. The summed E-state index contributed by atoms with van der Waals surface area (Å²) in [6, 6.07) is 16.5. The van der Waals surface area contributed by atoms with E-state index < -0.39 is 41.2 Å². The number of nitrogens with zero attached hydrogens (tertiary/aromatic N) is 1. The number of esters is 1. The van der Waals surface area contributed by atoms with Crippen LogP contribution in [0.2, 0.25) is 0 Å². The number of hydrogen-bond acceptors (Lipinski definition) is 6. The van der Waals surface area contributed by atoms with Crippen molar-refractivity contribution in [2.24, 2.45) is 5.92 Å². The molecule has 1 fully saturated rings. The molecule has 0 aliphatic carbocycles. The van der Waals surface area contributed by atoms with Crippen molar-refractivity contribution in [3.63, 3.8) is 0 Å². The largest absolute Gasteiger partial charge is 0.497 e. The van der Waals surface area contributed by atoms with Gasteiger partial charge >= 0.3 is 5.97 Å². The van der Waals surface area contributed by atoms with Crippen LogP contribution in [0.3, 0.4) is 0 Å². The van der Waals surface area contributed by atoms with Crippen molar-refractivity contribution in [1.82, 2.24) is 0 Å². The van der Waals surface area contributed by atoms with E-state index in [1.165, 1.54) is 66.6 Å². The molecule has 1 amide bonds. The lowest BCUT2D eigenvalue weighted by molar-refractivity contribution is -0.135. The average molecular weight is 475 g/mol. The molecule has 2 atom stereocenters. The van der Waals surface area contributed by atoms with Gasteiger partial charge in [0, 0.05) is 11.3 Å². The maximum atomic E-state index is 14.2. The molecule has 35 heavy (non-hydrogen) atoms. The van der Waals surface area contributed by atoms with Gasteiger partial charge in [-0.3, -0.25) is 19.3 Å². The summed E-state index contributed by atoms with van der Waals surface area (Å²) >= 11 is 0. The van der Waals surface area contributed by atoms with Crippen molar-refractivity contribution in [2.45, 2.75) is 13.0 Å². The van der Waals surface area contributed by atoms with Gasteiger partial charge in [-0.25, -0.2) is 9.18 Å². The Morgan fingerprint density at radius 1 is 0.943 bits per heavy atom. The predicted octanol–water partition coefficient (Wildman–Crippen LogP) is 4.17. The fourth-order valence-corrected chi connectivity index (χ4v) is 4.15. The van der Waals surface area contributed by atoms with Crippen LogP contribution < -0.4 is 9.64 Å². The minimum Gasteiger partial charge on any atom is -0.497 e. The van der Waals surface area contributed by atoms with Crippen LogP contribution in [0.4, 0.5) is 10.1 Å². The first-order valence-corrected chi connectivity index (χ1v) is 10.9. The van der Waals surface area contributed by atoms with Crippen molar-refractivity contribution in [3.05, 3.63) is 95.3 Å².